The molecule has 2 aromatic heterocycles. The van der Waals surface area contributed by atoms with Gasteiger partial charge in [-0.15, -0.1) is 0 Å². The Labute approximate surface area is 174 Å². The highest BCUT2D eigenvalue weighted by molar-refractivity contribution is 7.88. The molecular formula is C19H19ClN6O2S. The third-order valence-electron chi connectivity index (χ3n) is 4.61. The zero-order chi connectivity index (χ0) is 20.3. The second kappa shape index (κ2) is 8.40. The van der Waals surface area contributed by atoms with E-state index in [0.717, 1.165) is 6.42 Å². The van der Waals surface area contributed by atoms with Crippen molar-refractivity contribution in [1.29, 1.82) is 0 Å². The van der Waals surface area contributed by atoms with Crippen LogP contribution in [0.4, 0.5) is 11.6 Å². The standard InChI is InChI=1S/C19H19ClN6O2S/c20-15-4-1-3-14(9-15)13-29(27,28)26-8-2-5-17(26)16-10-22-12-19(24-16)25-18-11-21-6-7-23-18/h1,3-4,6-7,9-12,17H,2,5,8,13H2,(H,23,24,25). The second-order valence-corrected chi connectivity index (χ2v) is 9.06. The number of nitrogens with zero attached hydrogens (tertiary/aromatic N) is 5. The predicted molar refractivity (Wildman–Crippen MR) is 110 cm³/mol. The molecule has 0 spiro atoms. The van der Waals surface area contributed by atoms with E-state index in [4.69, 9.17) is 11.6 Å². The van der Waals surface area contributed by atoms with E-state index in [9.17, 15) is 8.42 Å². The van der Waals surface area contributed by atoms with Crippen molar-refractivity contribution in [2.75, 3.05) is 11.9 Å². The topological polar surface area (TPSA) is 101 Å². The Morgan fingerprint density at radius 2 is 2.00 bits per heavy atom. The first-order chi connectivity index (χ1) is 14.0. The van der Waals surface area contributed by atoms with Gasteiger partial charge in [-0.05, 0) is 30.5 Å². The van der Waals surface area contributed by atoms with Crippen molar-refractivity contribution in [1.82, 2.24) is 24.2 Å². The van der Waals surface area contributed by atoms with E-state index in [1.165, 1.54) is 4.31 Å². The van der Waals surface area contributed by atoms with Crippen molar-refractivity contribution in [3.63, 3.8) is 0 Å². The molecule has 0 radical (unpaired) electrons. The number of anilines is 2. The highest BCUT2D eigenvalue weighted by atomic mass is 35.5. The molecule has 1 aromatic carbocycles. The summed E-state index contributed by atoms with van der Waals surface area (Å²) in [6.07, 6.45) is 9.36. The molecule has 150 valence electrons. The van der Waals surface area contributed by atoms with Crippen molar-refractivity contribution >= 4 is 33.3 Å². The van der Waals surface area contributed by atoms with E-state index in [0.29, 0.717) is 40.9 Å². The maximum absolute atomic E-state index is 13.1. The Hall–Kier alpha value is -2.62. The van der Waals surface area contributed by atoms with Gasteiger partial charge in [-0.25, -0.2) is 18.4 Å². The minimum atomic E-state index is -3.53. The molecule has 0 amide bonds. The first-order valence-corrected chi connectivity index (χ1v) is 11.1. The highest BCUT2D eigenvalue weighted by Gasteiger charge is 2.36. The quantitative estimate of drug-likeness (QED) is 0.639. The van der Waals surface area contributed by atoms with Crippen LogP contribution in [-0.2, 0) is 15.8 Å². The number of hydrogen-bond acceptors (Lipinski definition) is 7. The van der Waals surface area contributed by atoms with Gasteiger partial charge in [0.2, 0.25) is 10.0 Å². The first kappa shape index (κ1) is 19.7. The summed E-state index contributed by atoms with van der Waals surface area (Å²) in [4.78, 5) is 16.9. The Morgan fingerprint density at radius 3 is 2.79 bits per heavy atom. The maximum Gasteiger partial charge on any atom is 0.218 e. The number of aromatic nitrogens is 4. The average Bonchev–Trinajstić information content (AvgIpc) is 3.20. The number of benzene rings is 1. The molecule has 1 aliphatic heterocycles. The molecule has 4 rings (SSSR count). The summed E-state index contributed by atoms with van der Waals surface area (Å²) in [5, 5.41) is 3.56. The van der Waals surface area contributed by atoms with Gasteiger partial charge in [0.05, 0.1) is 36.1 Å². The van der Waals surface area contributed by atoms with Gasteiger partial charge in [-0.1, -0.05) is 23.7 Å². The fourth-order valence-corrected chi connectivity index (χ4v) is 5.37. The van der Waals surface area contributed by atoms with E-state index in [1.807, 2.05) is 0 Å². The summed E-state index contributed by atoms with van der Waals surface area (Å²) < 4.78 is 27.7. The summed E-state index contributed by atoms with van der Waals surface area (Å²) in [7, 11) is -3.53. The van der Waals surface area contributed by atoms with Crippen LogP contribution in [0.15, 0.2) is 55.2 Å². The van der Waals surface area contributed by atoms with Crippen molar-refractivity contribution in [3.05, 3.63) is 71.5 Å². The molecule has 1 fully saturated rings. The van der Waals surface area contributed by atoms with Crippen molar-refractivity contribution in [2.45, 2.75) is 24.6 Å². The van der Waals surface area contributed by atoms with Gasteiger partial charge < -0.3 is 5.32 Å². The molecule has 1 unspecified atom stereocenters. The third kappa shape index (κ3) is 4.69. The first-order valence-electron chi connectivity index (χ1n) is 9.10. The van der Waals surface area contributed by atoms with Gasteiger partial charge in [0.15, 0.2) is 0 Å². The lowest BCUT2D eigenvalue weighted by Crippen LogP contribution is -2.32. The number of sulfonamides is 1. The van der Waals surface area contributed by atoms with Crippen LogP contribution in [0.5, 0.6) is 0 Å². The fraction of sp³-hybridized carbons (Fsp3) is 0.263. The molecular weight excluding hydrogens is 412 g/mol. The van der Waals surface area contributed by atoms with Crippen LogP contribution < -0.4 is 5.32 Å². The van der Waals surface area contributed by atoms with Gasteiger partial charge in [-0.3, -0.25) is 9.97 Å². The van der Waals surface area contributed by atoms with Crippen molar-refractivity contribution in [3.8, 4) is 0 Å². The lowest BCUT2D eigenvalue weighted by Gasteiger charge is -2.24. The van der Waals surface area contributed by atoms with Gasteiger partial charge in [0, 0.05) is 24.0 Å². The molecule has 1 aliphatic rings. The summed E-state index contributed by atoms with van der Waals surface area (Å²) in [6, 6.07) is 6.56. The van der Waals surface area contributed by atoms with Gasteiger partial charge in [0.1, 0.15) is 11.6 Å². The molecule has 8 nitrogen and oxygen atoms in total. The van der Waals surface area contributed by atoms with Gasteiger partial charge in [-0.2, -0.15) is 4.31 Å². The smallest absolute Gasteiger partial charge is 0.218 e. The van der Waals surface area contributed by atoms with E-state index in [-0.39, 0.29) is 11.8 Å². The van der Waals surface area contributed by atoms with E-state index in [1.54, 1.807) is 55.2 Å². The molecule has 1 saturated heterocycles. The highest BCUT2D eigenvalue weighted by Crippen LogP contribution is 2.34. The largest absolute Gasteiger partial charge is 0.322 e. The van der Waals surface area contributed by atoms with E-state index in [2.05, 4.69) is 25.3 Å². The number of hydrogen-bond donors (Lipinski definition) is 1. The van der Waals surface area contributed by atoms with Crippen LogP contribution in [0.25, 0.3) is 0 Å². The average molecular weight is 431 g/mol. The molecule has 3 heterocycles. The molecule has 10 heteroatoms. The molecule has 0 saturated carbocycles. The minimum absolute atomic E-state index is 0.102. The monoisotopic (exact) mass is 430 g/mol. The Balaban J connectivity index is 1.56. The molecule has 0 aliphatic carbocycles. The molecule has 0 bridgehead atoms. The number of rotatable bonds is 6. The van der Waals surface area contributed by atoms with Gasteiger partial charge in [0.25, 0.3) is 0 Å². The molecule has 1 N–H and O–H groups in total. The summed E-state index contributed by atoms with van der Waals surface area (Å²) in [5.41, 5.74) is 1.26. The van der Waals surface area contributed by atoms with Crippen LogP contribution in [0.1, 0.15) is 30.1 Å². The van der Waals surface area contributed by atoms with Crippen molar-refractivity contribution < 1.29 is 8.42 Å². The Kier molecular flexibility index (Phi) is 5.70. The summed E-state index contributed by atoms with van der Waals surface area (Å²) >= 11 is 6.00. The van der Waals surface area contributed by atoms with Crippen LogP contribution in [0, 0.1) is 0 Å². The van der Waals surface area contributed by atoms with Crippen LogP contribution in [-0.4, -0.2) is 39.2 Å². The summed E-state index contributed by atoms with van der Waals surface area (Å²) in [5.74, 6) is 0.924. The Bertz CT molecular complexity index is 1100. The van der Waals surface area contributed by atoms with E-state index < -0.39 is 10.0 Å². The van der Waals surface area contributed by atoms with E-state index >= 15 is 0 Å². The summed E-state index contributed by atoms with van der Waals surface area (Å²) in [6.45, 7) is 0.455. The van der Waals surface area contributed by atoms with Crippen molar-refractivity contribution in [2.24, 2.45) is 0 Å². The Morgan fingerprint density at radius 1 is 1.14 bits per heavy atom. The normalized spacial score (nSPS) is 17.3. The number of halogens is 1. The van der Waals surface area contributed by atoms with Gasteiger partial charge >= 0.3 is 0 Å². The second-order valence-electron chi connectivity index (χ2n) is 6.70. The zero-order valence-electron chi connectivity index (χ0n) is 15.4. The maximum atomic E-state index is 13.1. The third-order valence-corrected chi connectivity index (χ3v) is 6.70. The SMILES string of the molecule is O=S(=O)(Cc1cccc(Cl)c1)N1CCCC1c1cncc(Nc2cnccn2)n1. The fourth-order valence-electron chi connectivity index (χ4n) is 3.39. The van der Waals surface area contributed by atoms with Crippen LogP contribution >= 0.6 is 11.6 Å². The lowest BCUT2D eigenvalue weighted by atomic mass is 10.2. The molecule has 3 aromatic rings. The minimum Gasteiger partial charge on any atom is -0.322 e. The predicted octanol–water partition coefficient (Wildman–Crippen LogP) is 3.33. The van der Waals surface area contributed by atoms with Crippen LogP contribution in [0.3, 0.4) is 0 Å². The lowest BCUT2D eigenvalue weighted by molar-refractivity contribution is 0.389. The number of nitrogens with one attached hydrogen (secondary N) is 1. The molecule has 1 atom stereocenters. The van der Waals surface area contributed by atoms with Crippen LogP contribution in [0.2, 0.25) is 5.02 Å². The molecule has 29 heavy (non-hydrogen) atoms. The zero-order valence-corrected chi connectivity index (χ0v) is 17.0.